The second-order valence-electron chi connectivity index (χ2n) is 6.41. The maximum absolute atomic E-state index is 13.6. The first-order valence-corrected chi connectivity index (χ1v) is 9.28. The Bertz CT molecular complexity index is 845. The zero-order valence-electron chi connectivity index (χ0n) is 13.3. The smallest absolute Gasteiger partial charge is 0.182 e. The third-order valence-electron chi connectivity index (χ3n) is 4.95. The van der Waals surface area contributed by atoms with Crippen molar-refractivity contribution in [1.82, 2.24) is 0 Å². The van der Waals surface area contributed by atoms with Crippen LogP contribution in [0.15, 0.2) is 53.4 Å². The van der Waals surface area contributed by atoms with Crippen molar-refractivity contribution >= 4 is 9.84 Å². The maximum Gasteiger partial charge on any atom is 0.182 e. The second kappa shape index (κ2) is 5.95. The number of benzene rings is 2. The average molecular weight is 349 g/mol. The van der Waals surface area contributed by atoms with E-state index in [1.807, 2.05) is 6.92 Å². The molecule has 2 aromatic rings. The van der Waals surface area contributed by atoms with Gasteiger partial charge in [0, 0.05) is 17.9 Å². The number of sulfone groups is 1. The lowest BCUT2D eigenvalue weighted by Crippen LogP contribution is -2.27. The summed E-state index contributed by atoms with van der Waals surface area (Å²) in [6, 6.07) is 12.4. The normalized spacial score (nSPS) is 26.3. The summed E-state index contributed by atoms with van der Waals surface area (Å²) in [6.07, 6.45) is 0. The summed E-state index contributed by atoms with van der Waals surface area (Å²) in [7, 11) is -3.69. The van der Waals surface area contributed by atoms with E-state index in [2.05, 4.69) is 0 Å². The Hall–Kier alpha value is -1.76. The highest BCUT2D eigenvalue weighted by Gasteiger charge is 2.70. The lowest BCUT2D eigenvalue weighted by molar-refractivity contribution is 0.212. The standard InChI is InChI=1S/C18H20FNO3S/c1-12-5-7-15(8-6-12)24(22,23)17-16(18(17,10-20)11-21)13-3-2-4-14(19)9-13/h2-9,16-17,21H,10-11,20H2,1H3/t16-,17+,18-/m1/s1. The fourth-order valence-electron chi connectivity index (χ4n) is 3.52. The van der Waals surface area contributed by atoms with Gasteiger partial charge in [-0.05, 0) is 36.8 Å². The molecule has 24 heavy (non-hydrogen) atoms. The van der Waals surface area contributed by atoms with Gasteiger partial charge in [0.15, 0.2) is 9.84 Å². The van der Waals surface area contributed by atoms with Crippen LogP contribution in [0.1, 0.15) is 17.0 Å². The summed E-state index contributed by atoms with van der Waals surface area (Å²) >= 11 is 0. The Labute approximate surface area is 141 Å². The van der Waals surface area contributed by atoms with Gasteiger partial charge in [-0.25, -0.2) is 12.8 Å². The third-order valence-corrected chi connectivity index (χ3v) is 7.29. The largest absolute Gasteiger partial charge is 0.396 e. The number of halogens is 1. The van der Waals surface area contributed by atoms with E-state index in [9.17, 15) is 17.9 Å². The molecule has 3 atom stereocenters. The van der Waals surface area contributed by atoms with E-state index in [0.29, 0.717) is 5.56 Å². The van der Waals surface area contributed by atoms with Crippen LogP contribution in [-0.2, 0) is 9.84 Å². The van der Waals surface area contributed by atoms with E-state index in [1.165, 1.54) is 18.2 Å². The molecule has 0 spiro atoms. The van der Waals surface area contributed by atoms with Gasteiger partial charge in [0.25, 0.3) is 0 Å². The van der Waals surface area contributed by atoms with Crippen LogP contribution >= 0.6 is 0 Å². The van der Waals surface area contributed by atoms with Gasteiger partial charge in [-0.3, -0.25) is 0 Å². The predicted octanol–water partition coefficient (Wildman–Crippen LogP) is 2.01. The van der Waals surface area contributed by atoms with Crippen molar-refractivity contribution in [3.8, 4) is 0 Å². The first-order chi connectivity index (χ1) is 11.4. The molecule has 0 heterocycles. The minimum Gasteiger partial charge on any atom is -0.396 e. The molecule has 0 unspecified atom stereocenters. The highest BCUT2D eigenvalue weighted by atomic mass is 32.2. The van der Waals surface area contributed by atoms with Crippen molar-refractivity contribution in [3.05, 3.63) is 65.5 Å². The van der Waals surface area contributed by atoms with Crippen LogP contribution in [0.4, 0.5) is 4.39 Å². The summed E-state index contributed by atoms with van der Waals surface area (Å²) in [5, 5.41) is 8.99. The molecule has 4 nitrogen and oxygen atoms in total. The SMILES string of the molecule is Cc1ccc(S(=O)(=O)[C@H]2[C@@H](c3cccc(F)c3)[C@@]2(CN)CO)cc1. The van der Waals surface area contributed by atoms with Crippen molar-refractivity contribution in [2.24, 2.45) is 11.1 Å². The maximum atomic E-state index is 13.6. The van der Waals surface area contributed by atoms with Gasteiger partial charge < -0.3 is 10.8 Å². The minimum absolute atomic E-state index is 0.0143. The Kier molecular flexibility index (Phi) is 4.23. The van der Waals surface area contributed by atoms with Gasteiger partial charge >= 0.3 is 0 Å². The highest BCUT2D eigenvalue weighted by molar-refractivity contribution is 7.92. The monoisotopic (exact) mass is 349 g/mol. The molecule has 0 bridgehead atoms. The van der Waals surface area contributed by atoms with Crippen LogP contribution in [0.3, 0.4) is 0 Å². The molecule has 1 fully saturated rings. The van der Waals surface area contributed by atoms with Crippen molar-refractivity contribution < 1.29 is 17.9 Å². The molecule has 0 amide bonds. The number of rotatable bonds is 5. The summed E-state index contributed by atoms with van der Waals surface area (Å²) in [6.45, 7) is 1.53. The van der Waals surface area contributed by atoms with E-state index in [1.54, 1.807) is 30.3 Å². The molecule has 3 N–H and O–H groups in total. The molecule has 2 aromatic carbocycles. The zero-order chi connectivity index (χ0) is 17.5. The molecule has 1 saturated carbocycles. The van der Waals surface area contributed by atoms with E-state index in [0.717, 1.165) is 5.56 Å². The molecule has 1 aliphatic carbocycles. The van der Waals surface area contributed by atoms with E-state index >= 15 is 0 Å². The van der Waals surface area contributed by atoms with Crippen LogP contribution in [0, 0.1) is 18.2 Å². The Morgan fingerprint density at radius 1 is 1.21 bits per heavy atom. The van der Waals surface area contributed by atoms with Gasteiger partial charge in [0.2, 0.25) is 0 Å². The molecule has 0 saturated heterocycles. The number of hydrogen-bond donors (Lipinski definition) is 2. The third kappa shape index (κ3) is 2.55. The molecule has 6 heteroatoms. The van der Waals surface area contributed by atoms with E-state index < -0.39 is 32.2 Å². The van der Waals surface area contributed by atoms with Crippen LogP contribution < -0.4 is 5.73 Å². The van der Waals surface area contributed by atoms with Crippen LogP contribution in [0.2, 0.25) is 0 Å². The molecule has 0 radical (unpaired) electrons. The summed E-state index contributed by atoms with van der Waals surface area (Å²) < 4.78 is 39.7. The first-order valence-electron chi connectivity index (χ1n) is 7.74. The van der Waals surface area contributed by atoms with Gasteiger partial charge in [-0.1, -0.05) is 29.8 Å². The fourth-order valence-corrected chi connectivity index (χ4v) is 5.97. The van der Waals surface area contributed by atoms with Crippen LogP contribution in [0.5, 0.6) is 0 Å². The molecular weight excluding hydrogens is 329 g/mol. The molecule has 3 rings (SSSR count). The van der Waals surface area contributed by atoms with Crippen LogP contribution in [-0.4, -0.2) is 31.9 Å². The summed E-state index contributed by atoms with van der Waals surface area (Å²) in [5.74, 6) is -0.954. The average Bonchev–Trinajstić information content (AvgIpc) is 3.26. The van der Waals surface area contributed by atoms with Crippen molar-refractivity contribution in [3.63, 3.8) is 0 Å². The van der Waals surface area contributed by atoms with Gasteiger partial charge in [-0.15, -0.1) is 0 Å². The van der Waals surface area contributed by atoms with Crippen LogP contribution in [0.25, 0.3) is 0 Å². The summed E-state index contributed by atoms with van der Waals surface area (Å²) in [5.41, 5.74) is 6.35. The molecular formula is C18H20FNO3S. The second-order valence-corrected chi connectivity index (χ2v) is 8.48. The number of hydrogen-bond acceptors (Lipinski definition) is 4. The summed E-state index contributed by atoms with van der Waals surface area (Å²) in [4.78, 5) is 0.197. The Morgan fingerprint density at radius 3 is 2.42 bits per heavy atom. The minimum atomic E-state index is -3.69. The lowest BCUT2D eigenvalue weighted by Gasteiger charge is -2.12. The number of aryl methyl sites for hydroxylation is 1. The Morgan fingerprint density at radius 2 is 1.88 bits per heavy atom. The number of aliphatic hydroxyl groups excluding tert-OH is 1. The van der Waals surface area contributed by atoms with Gasteiger partial charge in [0.1, 0.15) is 5.82 Å². The highest BCUT2D eigenvalue weighted by Crippen LogP contribution is 2.63. The van der Waals surface area contributed by atoms with E-state index in [4.69, 9.17) is 5.73 Å². The zero-order valence-corrected chi connectivity index (χ0v) is 14.1. The quantitative estimate of drug-likeness (QED) is 0.865. The first kappa shape index (κ1) is 17.1. The molecule has 128 valence electrons. The van der Waals surface area contributed by atoms with Gasteiger partial charge in [0.05, 0.1) is 16.8 Å². The lowest BCUT2D eigenvalue weighted by atomic mass is 10.00. The number of nitrogens with two attached hydrogens (primary N) is 1. The van der Waals surface area contributed by atoms with E-state index in [-0.39, 0.29) is 18.0 Å². The predicted molar refractivity (Wildman–Crippen MR) is 89.9 cm³/mol. The molecule has 0 aromatic heterocycles. The van der Waals surface area contributed by atoms with Gasteiger partial charge in [-0.2, -0.15) is 0 Å². The Balaban J connectivity index is 2.06. The molecule has 0 aliphatic heterocycles. The van der Waals surface area contributed by atoms with Crippen molar-refractivity contribution in [2.45, 2.75) is 23.0 Å². The van der Waals surface area contributed by atoms with Crippen molar-refractivity contribution in [1.29, 1.82) is 0 Å². The van der Waals surface area contributed by atoms with Crippen molar-refractivity contribution in [2.75, 3.05) is 13.2 Å². The topological polar surface area (TPSA) is 80.4 Å². The molecule has 1 aliphatic rings. The number of aliphatic hydroxyl groups is 1. The fraction of sp³-hybridized carbons (Fsp3) is 0.333.